The van der Waals surface area contributed by atoms with Crippen LogP contribution >= 0.6 is 0 Å². The Morgan fingerprint density at radius 2 is 1.90 bits per heavy atom. The average Bonchev–Trinajstić information content (AvgIpc) is 3.29. The summed E-state index contributed by atoms with van der Waals surface area (Å²) in [6.45, 7) is 15.5. The number of rotatable bonds is 7. The molecule has 2 N–H and O–H groups in total. The minimum Gasteiger partial charge on any atom is -0.344 e. The summed E-state index contributed by atoms with van der Waals surface area (Å²) in [6.07, 6.45) is 3.06. The molecule has 0 aromatic carbocycles. The number of piperidine rings is 1. The van der Waals surface area contributed by atoms with Crippen LogP contribution in [0.15, 0.2) is 23.0 Å². The van der Waals surface area contributed by atoms with Crippen molar-refractivity contribution in [1.82, 2.24) is 30.7 Å². The quantitative estimate of drug-likeness (QED) is 0.548. The smallest absolute Gasteiger partial charge is 0.259 e. The molecule has 5 atom stereocenters. The van der Waals surface area contributed by atoms with Gasteiger partial charge in [-0.2, -0.15) is 10.2 Å². The maximum atomic E-state index is 13.8. The van der Waals surface area contributed by atoms with Crippen molar-refractivity contribution in [2.75, 3.05) is 6.54 Å². The summed E-state index contributed by atoms with van der Waals surface area (Å²) in [5, 5.41) is 19.6. The molecule has 2 aromatic heterocycles. The van der Waals surface area contributed by atoms with Crippen LogP contribution in [0.4, 0.5) is 0 Å². The van der Waals surface area contributed by atoms with Gasteiger partial charge in [0.2, 0.25) is 17.7 Å². The Balaban J connectivity index is 1.58. The molecule has 2 aliphatic rings. The highest BCUT2D eigenvalue weighted by molar-refractivity contribution is 5.94. The van der Waals surface area contributed by atoms with Gasteiger partial charge >= 0.3 is 0 Å². The van der Waals surface area contributed by atoms with Crippen LogP contribution in [-0.4, -0.2) is 56.4 Å². The number of nitrogens with zero attached hydrogens (tertiary/aromatic N) is 5. The zero-order valence-electron chi connectivity index (χ0n) is 23.8. The molecule has 3 heterocycles. The van der Waals surface area contributed by atoms with E-state index in [4.69, 9.17) is 4.52 Å². The summed E-state index contributed by atoms with van der Waals surface area (Å²) in [5.41, 5.74) is 0.323. The molecule has 0 bridgehead atoms. The van der Waals surface area contributed by atoms with Crippen LogP contribution in [0.5, 0.6) is 0 Å². The molecule has 39 heavy (non-hydrogen) atoms. The summed E-state index contributed by atoms with van der Waals surface area (Å²) in [5.74, 6) is 0.0143. The SMILES string of the molecule is CC(=O)N[C@H](C(=O)N1C[C@H]2[C@@H]([C@H]1C(=O)NC(C#N)c1cncc(-c3nc(C(C)C)no3)c1)C2(C)C)C(C)(C)C. The lowest BCUT2D eigenvalue weighted by atomic mass is 9.85. The Hall–Kier alpha value is -3.81. The summed E-state index contributed by atoms with van der Waals surface area (Å²) in [4.78, 5) is 49.6. The minimum atomic E-state index is -1.01. The largest absolute Gasteiger partial charge is 0.344 e. The van der Waals surface area contributed by atoms with Crippen molar-refractivity contribution in [2.24, 2.45) is 22.7 Å². The predicted molar refractivity (Wildman–Crippen MR) is 141 cm³/mol. The van der Waals surface area contributed by atoms with Gasteiger partial charge in [0, 0.05) is 37.3 Å². The zero-order valence-corrected chi connectivity index (χ0v) is 23.8. The average molecular weight is 536 g/mol. The Labute approximate surface area is 228 Å². The molecule has 1 unspecified atom stereocenters. The summed E-state index contributed by atoms with van der Waals surface area (Å²) < 4.78 is 5.36. The second kappa shape index (κ2) is 10.1. The van der Waals surface area contributed by atoms with Crippen LogP contribution in [-0.2, 0) is 14.4 Å². The number of aromatic nitrogens is 3. The van der Waals surface area contributed by atoms with Crippen molar-refractivity contribution in [3.05, 3.63) is 29.8 Å². The van der Waals surface area contributed by atoms with Crippen LogP contribution < -0.4 is 10.6 Å². The van der Waals surface area contributed by atoms with E-state index in [0.717, 1.165) is 0 Å². The van der Waals surface area contributed by atoms with Crippen molar-refractivity contribution >= 4 is 17.7 Å². The van der Waals surface area contributed by atoms with Gasteiger partial charge < -0.3 is 20.1 Å². The number of hydrogen-bond donors (Lipinski definition) is 2. The number of carbonyl (C=O) groups excluding carboxylic acids is 3. The Morgan fingerprint density at radius 1 is 1.21 bits per heavy atom. The summed E-state index contributed by atoms with van der Waals surface area (Å²) in [6, 6.07) is 1.27. The molecule has 1 saturated heterocycles. The Kier molecular flexibility index (Phi) is 7.27. The van der Waals surface area contributed by atoms with Gasteiger partial charge in [0.1, 0.15) is 18.1 Å². The van der Waals surface area contributed by atoms with E-state index in [-0.39, 0.29) is 40.9 Å². The van der Waals surface area contributed by atoms with Gasteiger partial charge in [0.05, 0.1) is 11.6 Å². The Bertz CT molecular complexity index is 1320. The monoisotopic (exact) mass is 535 g/mol. The topological polar surface area (TPSA) is 154 Å². The maximum Gasteiger partial charge on any atom is 0.259 e. The van der Waals surface area contributed by atoms with Crippen molar-refractivity contribution < 1.29 is 18.9 Å². The number of amides is 3. The number of fused-ring (bicyclic) bond motifs is 1. The van der Waals surface area contributed by atoms with Crippen LogP contribution in [0.2, 0.25) is 0 Å². The van der Waals surface area contributed by atoms with Gasteiger partial charge in [-0.15, -0.1) is 0 Å². The van der Waals surface area contributed by atoms with Crippen molar-refractivity contribution in [1.29, 1.82) is 5.26 Å². The zero-order chi connectivity index (χ0) is 28.9. The molecule has 4 rings (SSSR count). The predicted octanol–water partition coefficient (Wildman–Crippen LogP) is 2.97. The highest BCUT2D eigenvalue weighted by Gasteiger charge is 2.69. The van der Waals surface area contributed by atoms with Crippen LogP contribution in [0, 0.1) is 34.0 Å². The van der Waals surface area contributed by atoms with Gasteiger partial charge in [0.15, 0.2) is 5.82 Å². The second-order valence-corrected chi connectivity index (χ2v) is 12.6. The number of hydrogen-bond acceptors (Lipinski definition) is 8. The molecule has 3 amide bonds. The normalized spacial score (nSPS) is 23.0. The number of nitrogens with one attached hydrogen (secondary N) is 2. The van der Waals surface area contributed by atoms with Gasteiger partial charge in [0.25, 0.3) is 5.89 Å². The van der Waals surface area contributed by atoms with E-state index in [9.17, 15) is 19.6 Å². The van der Waals surface area contributed by atoms with Crippen LogP contribution in [0.25, 0.3) is 11.5 Å². The molecule has 208 valence electrons. The van der Waals surface area contributed by atoms with E-state index >= 15 is 0 Å². The molecule has 2 aromatic rings. The first-order chi connectivity index (χ1) is 18.2. The molecule has 1 saturated carbocycles. The lowest BCUT2D eigenvalue weighted by Gasteiger charge is -2.37. The first-order valence-corrected chi connectivity index (χ1v) is 13.2. The highest BCUT2D eigenvalue weighted by Crippen LogP contribution is 2.65. The van der Waals surface area contributed by atoms with E-state index in [2.05, 4.69) is 45.7 Å². The van der Waals surface area contributed by atoms with E-state index in [1.807, 2.05) is 34.6 Å². The minimum absolute atomic E-state index is 0.0453. The van der Waals surface area contributed by atoms with Crippen molar-refractivity contribution in [3.8, 4) is 17.5 Å². The summed E-state index contributed by atoms with van der Waals surface area (Å²) in [7, 11) is 0. The lowest BCUT2D eigenvalue weighted by molar-refractivity contribution is -0.145. The fraction of sp³-hybridized carbons (Fsp3) is 0.607. The standard InChI is InChI=1S/C28H37N7O4/c1-14(2)23-33-25(39-34-23)17-9-16(11-30-12-17)19(10-29)32-24(37)21-20-18(28(20,7)8)13-35(21)26(38)22(27(4,5)6)31-15(3)36/h9,11-12,14,18-22H,13H2,1-8H3,(H,31,36)(H,32,37)/t18-,19?,20-,21-,22+/m0/s1. The van der Waals surface area contributed by atoms with Gasteiger partial charge in [-0.25, -0.2) is 0 Å². The fourth-order valence-electron chi connectivity index (χ4n) is 5.57. The third-order valence-corrected chi connectivity index (χ3v) is 7.93. The van der Waals surface area contributed by atoms with E-state index in [1.54, 1.807) is 17.2 Å². The number of likely N-dealkylation sites (tertiary alicyclic amines) is 1. The second-order valence-electron chi connectivity index (χ2n) is 12.6. The molecule has 1 aliphatic carbocycles. The number of nitriles is 1. The molecule has 2 fully saturated rings. The lowest BCUT2D eigenvalue weighted by Crippen LogP contribution is -2.59. The van der Waals surface area contributed by atoms with Crippen molar-refractivity contribution in [2.45, 2.75) is 79.4 Å². The fourth-order valence-corrected chi connectivity index (χ4v) is 5.57. The van der Waals surface area contributed by atoms with Crippen molar-refractivity contribution in [3.63, 3.8) is 0 Å². The van der Waals surface area contributed by atoms with Gasteiger partial charge in [-0.3, -0.25) is 19.4 Å². The highest BCUT2D eigenvalue weighted by atomic mass is 16.5. The molecule has 0 spiro atoms. The number of carbonyl (C=O) groups is 3. The maximum absolute atomic E-state index is 13.8. The Morgan fingerprint density at radius 3 is 2.46 bits per heavy atom. The number of pyridine rings is 1. The first kappa shape index (κ1) is 28.2. The third kappa shape index (κ3) is 5.37. The van der Waals surface area contributed by atoms with E-state index in [1.165, 1.54) is 13.1 Å². The van der Waals surface area contributed by atoms with E-state index < -0.39 is 29.4 Å². The molecule has 1 aliphatic heterocycles. The molecular weight excluding hydrogens is 498 g/mol. The van der Waals surface area contributed by atoms with Gasteiger partial charge in [-0.1, -0.05) is 53.6 Å². The molecule has 11 nitrogen and oxygen atoms in total. The van der Waals surface area contributed by atoms with Crippen LogP contribution in [0.3, 0.4) is 0 Å². The molecule has 11 heteroatoms. The van der Waals surface area contributed by atoms with E-state index in [0.29, 0.717) is 23.5 Å². The molecular formula is C28H37N7O4. The summed E-state index contributed by atoms with van der Waals surface area (Å²) >= 11 is 0. The third-order valence-electron chi connectivity index (χ3n) is 7.93. The van der Waals surface area contributed by atoms with Crippen LogP contribution in [0.1, 0.15) is 78.7 Å². The first-order valence-electron chi connectivity index (χ1n) is 13.2. The molecule has 0 radical (unpaired) electrons. The van der Waals surface area contributed by atoms with Gasteiger partial charge in [-0.05, 0) is 28.7 Å².